The third-order valence-electron chi connectivity index (χ3n) is 2.72. The highest BCUT2D eigenvalue weighted by molar-refractivity contribution is 4.74. The molecule has 0 radical (unpaired) electrons. The summed E-state index contributed by atoms with van der Waals surface area (Å²) in [6, 6.07) is 0. The lowest BCUT2D eigenvalue weighted by atomic mass is 9.89. The molecule has 0 amide bonds. The van der Waals surface area contributed by atoms with E-state index in [9.17, 15) is 0 Å². The predicted molar refractivity (Wildman–Crippen MR) is 50.6 cm³/mol. The Morgan fingerprint density at radius 2 is 1.55 bits per heavy atom. The minimum absolute atomic E-state index is 0.966. The first kappa shape index (κ1) is 8.83. The standard InChI is InChI=1S/C11H20/c1-2-8-11-9-6-4-3-5-7-10-11/h2,11H,1,3-10H2. The lowest BCUT2D eigenvalue weighted by Crippen LogP contribution is -2.02. The zero-order valence-corrected chi connectivity index (χ0v) is 7.52. The maximum Gasteiger partial charge on any atom is -0.0325 e. The van der Waals surface area contributed by atoms with Crippen molar-refractivity contribution in [1.82, 2.24) is 0 Å². The van der Waals surface area contributed by atoms with Crippen LogP contribution in [0.4, 0.5) is 0 Å². The van der Waals surface area contributed by atoms with Gasteiger partial charge in [-0.2, -0.15) is 0 Å². The normalized spacial score (nSPS) is 22.2. The summed E-state index contributed by atoms with van der Waals surface area (Å²) < 4.78 is 0. The minimum Gasteiger partial charge on any atom is -0.103 e. The Hall–Kier alpha value is -0.260. The second kappa shape index (κ2) is 5.40. The van der Waals surface area contributed by atoms with E-state index in [-0.39, 0.29) is 0 Å². The minimum atomic E-state index is 0.966. The van der Waals surface area contributed by atoms with E-state index in [0.717, 1.165) is 5.92 Å². The molecule has 0 saturated heterocycles. The van der Waals surface area contributed by atoms with E-state index in [4.69, 9.17) is 0 Å². The SMILES string of the molecule is C=CCC1CCCCCCC1. The molecule has 0 nitrogen and oxygen atoms in total. The van der Waals surface area contributed by atoms with Crippen LogP contribution >= 0.6 is 0 Å². The largest absolute Gasteiger partial charge is 0.103 e. The second-order valence-corrected chi connectivity index (χ2v) is 3.74. The molecule has 0 spiro atoms. The van der Waals surface area contributed by atoms with Crippen LogP contribution in [-0.2, 0) is 0 Å². The highest BCUT2D eigenvalue weighted by Gasteiger charge is 2.08. The average Bonchev–Trinajstić information content (AvgIpc) is 1.94. The molecule has 0 aromatic heterocycles. The van der Waals surface area contributed by atoms with Gasteiger partial charge in [-0.3, -0.25) is 0 Å². The molecule has 0 N–H and O–H groups in total. The molecule has 0 atom stereocenters. The lowest BCUT2D eigenvalue weighted by Gasteiger charge is -2.17. The maximum absolute atomic E-state index is 3.81. The van der Waals surface area contributed by atoms with Crippen LogP contribution in [0.25, 0.3) is 0 Å². The van der Waals surface area contributed by atoms with Crippen molar-refractivity contribution >= 4 is 0 Å². The number of allylic oxidation sites excluding steroid dienone is 1. The van der Waals surface area contributed by atoms with Crippen molar-refractivity contribution < 1.29 is 0 Å². The summed E-state index contributed by atoms with van der Waals surface area (Å²) in [6.07, 6.45) is 13.6. The van der Waals surface area contributed by atoms with E-state index in [0.29, 0.717) is 0 Å². The van der Waals surface area contributed by atoms with Crippen molar-refractivity contribution in [3.05, 3.63) is 12.7 Å². The molecule has 0 heteroatoms. The van der Waals surface area contributed by atoms with Gasteiger partial charge in [0.2, 0.25) is 0 Å². The van der Waals surface area contributed by atoms with Gasteiger partial charge in [0.05, 0.1) is 0 Å². The molecule has 1 fully saturated rings. The van der Waals surface area contributed by atoms with E-state index in [1.807, 2.05) is 0 Å². The third-order valence-corrected chi connectivity index (χ3v) is 2.72. The summed E-state index contributed by atoms with van der Waals surface area (Å²) >= 11 is 0. The van der Waals surface area contributed by atoms with Crippen LogP contribution in [0.3, 0.4) is 0 Å². The Balaban J connectivity index is 2.20. The monoisotopic (exact) mass is 152 g/mol. The van der Waals surface area contributed by atoms with Gasteiger partial charge in [-0.25, -0.2) is 0 Å². The molecule has 1 saturated carbocycles. The Labute approximate surface area is 70.7 Å². The Morgan fingerprint density at radius 1 is 1.00 bits per heavy atom. The summed E-state index contributed by atoms with van der Waals surface area (Å²) in [5, 5.41) is 0. The lowest BCUT2D eigenvalue weighted by molar-refractivity contribution is 0.381. The third kappa shape index (κ3) is 3.60. The van der Waals surface area contributed by atoms with E-state index in [1.165, 1.54) is 51.4 Å². The molecule has 1 aliphatic carbocycles. The number of hydrogen-bond acceptors (Lipinski definition) is 0. The molecule has 11 heavy (non-hydrogen) atoms. The van der Waals surface area contributed by atoms with Crippen molar-refractivity contribution in [3.8, 4) is 0 Å². The molecule has 0 unspecified atom stereocenters. The van der Waals surface area contributed by atoms with Gasteiger partial charge < -0.3 is 0 Å². The van der Waals surface area contributed by atoms with Gasteiger partial charge >= 0.3 is 0 Å². The van der Waals surface area contributed by atoms with Crippen molar-refractivity contribution in [2.24, 2.45) is 5.92 Å². The zero-order chi connectivity index (χ0) is 7.94. The van der Waals surface area contributed by atoms with Crippen molar-refractivity contribution in [1.29, 1.82) is 0 Å². The van der Waals surface area contributed by atoms with E-state index < -0.39 is 0 Å². The quantitative estimate of drug-likeness (QED) is 0.526. The maximum atomic E-state index is 3.81. The summed E-state index contributed by atoms with van der Waals surface area (Å²) in [5.74, 6) is 0.966. The molecule has 0 heterocycles. The molecular formula is C11H20. The first-order chi connectivity index (χ1) is 5.43. The summed E-state index contributed by atoms with van der Waals surface area (Å²) in [6.45, 7) is 3.81. The van der Waals surface area contributed by atoms with Gasteiger partial charge in [0, 0.05) is 0 Å². The van der Waals surface area contributed by atoms with Crippen LogP contribution in [0, 0.1) is 5.92 Å². The molecular weight excluding hydrogens is 132 g/mol. The summed E-state index contributed by atoms with van der Waals surface area (Å²) in [7, 11) is 0. The number of rotatable bonds is 2. The Kier molecular flexibility index (Phi) is 4.33. The van der Waals surface area contributed by atoms with Gasteiger partial charge in [0.1, 0.15) is 0 Å². The van der Waals surface area contributed by atoms with Gasteiger partial charge in [-0.1, -0.05) is 51.0 Å². The first-order valence-electron chi connectivity index (χ1n) is 5.04. The Bertz CT molecular complexity index is 96.6. The molecule has 0 aromatic carbocycles. The van der Waals surface area contributed by atoms with Crippen molar-refractivity contribution in [2.75, 3.05) is 0 Å². The molecule has 0 aliphatic heterocycles. The molecule has 0 aromatic rings. The van der Waals surface area contributed by atoms with Crippen LogP contribution < -0.4 is 0 Å². The topological polar surface area (TPSA) is 0 Å². The average molecular weight is 152 g/mol. The van der Waals surface area contributed by atoms with Crippen molar-refractivity contribution in [2.45, 2.75) is 51.4 Å². The molecule has 0 bridgehead atoms. The van der Waals surface area contributed by atoms with E-state index in [2.05, 4.69) is 12.7 Å². The van der Waals surface area contributed by atoms with Crippen LogP contribution in [-0.4, -0.2) is 0 Å². The fourth-order valence-corrected chi connectivity index (χ4v) is 2.01. The van der Waals surface area contributed by atoms with Crippen LogP contribution in [0.15, 0.2) is 12.7 Å². The second-order valence-electron chi connectivity index (χ2n) is 3.74. The van der Waals surface area contributed by atoms with Gasteiger partial charge in [-0.15, -0.1) is 6.58 Å². The highest BCUT2D eigenvalue weighted by atomic mass is 14.1. The zero-order valence-electron chi connectivity index (χ0n) is 7.52. The van der Waals surface area contributed by atoms with Crippen molar-refractivity contribution in [3.63, 3.8) is 0 Å². The van der Waals surface area contributed by atoms with E-state index in [1.54, 1.807) is 0 Å². The Morgan fingerprint density at radius 3 is 2.09 bits per heavy atom. The fraction of sp³-hybridized carbons (Fsp3) is 0.818. The van der Waals surface area contributed by atoms with Crippen LogP contribution in [0.5, 0.6) is 0 Å². The van der Waals surface area contributed by atoms with Gasteiger partial charge in [0.15, 0.2) is 0 Å². The fourth-order valence-electron chi connectivity index (χ4n) is 2.01. The molecule has 1 rings (SSSR count). The van der Waals surface area contributed by atoms with Gasteiger partial charge in [0.25, 0.3) is 0 Å². The number of hydrogen-bond donors (Lipinski definition) is 0. The van der Waals surface area contributed by atoms with Gasteiger partial charge in [-0.05, 0) is 12.3 Å². The first-order valence-corrected chi connectivity index (χ1v) is 5.04. The molecule has 1 aliphatic rings. The summed E-state index contributed by atoms with van der Waals surface area (Å²) in [4.78, 5) is 0. The highest BCUT2D eigenvalue weighted by Crippen LogP contribution is 2.24. The summed E-state index contributed by atoms with van der Waals surface area (Å²) in [5.41, 5.74) is 0. The van der Waals surface area contributed by atoms with E-state index >= 15 is 0 Å². The predicted octanol–water partition coefficient (Wildman–Crippen LogP) is 3.92. The van der Waals surface area contributed by atoms with Crippen LogP contribution in [0.2, 0.25) is 0 Å². The molecule has 64 valence electrons. The van der Waals surface area contributed by atoms with Crippen LogP contribution in [0.1, 0.15) is 51.4 Å². The smallest absolute Gasteiger partial charge is 0.0325 e.